The quantitative estimate of drug-likeness (QED) is 0.479. The molecule has 1 aromatic carbocycles. The fourth-order valence-electron chi connectivity index (χ4n) is 3.55. The van der Waals surface area contributed by atoms with Crippen LogP contribution in [0, 0.1) is 0 Å². The van der Waals surface area contributed by atoms with Crippen LogP contribution >= 0.6 is 11.6 Å². The summed E-state index contributed by atoms with van der Waals surface area (Å²) in [6.45, 7) is 2.64. The van der Waals surface area contributed by atoms with Crippen LogP contribution in [0.15, 0.2) is 18.2 Å². The molecule has 0 aliphatic heterocycles. The summed E-state index contributed by atoms with van der Waals surface area (Å²) in [4.78, 5) is 9.28. The molecule has 0 spiro atoms. The van der Waals surface area contributed by atoms with Crippen molar-refractivity contribution >= 4 is 45.9 Å². The van der Waals surface area contributed by atoms with Crippen molar-refractivity contribution in [2.75, 3.05) is 16.4 Å². The highest BCUT2D eigenvalue weighted by Gasteiger charge is 2.23. The highest BCUT2D eigenvalue weighted by Crippen LogP contribution is 2.28. The first kappa shape index (κ1) is 18.7. The van der Waals surface area contributed by atoms with Crippen LogP contribution in [0.25, 0.3) is 11.2 Å². The molecule has 0 amide bonds. The number of nitrogens with two attached hydrogens (primary N) is 2. The Balaban J connectivity index is 1.72. The van der Waals surface area contributed by atoms with E-state index >= 15 is 0 Å². The van der Waals surface area contributed by atoms with Gasteiger partial charge in [-0.05, 0) is 38.0 Å². The van der Waals surface area contributed by atoms with Gasteiger partial charge in [0, 0.05) is 35.0 Å². The highest BCUT2D eigenvalue weighted by atomic mass is 35.5. The second kappa shape index (κ2) is 7.76. The third-order valence-corrected chi connectivity index (χ3v) is 5.20. The summed E-state index contributed by atoms with van der Waals surface area (Å²) in [6.07, 6.45) is 4.31. The monoisotopic (exact) mass is 401 g/mol. The Labute approximate surface area is 167 Å². The molecule has 28 heavy (non-hydrogen) atoms. The number of nitrogen functional groups attached to an aromatic ring is 1. The van der Waals surface area contributed by atoms with Gasteiger partial charge < -0.3 is 22.1 Å². The topological polar surface area (TPSA) is 133 Å². The molecule has 1 aliphatic rings. The van der Waals surface area contributed by atoms with E-state index in [1.165, 1.54) is 0 Å². The average molecular weight is 402 g/mol. The predicted molar refractivity (Wildman–Crippen MR) is 112 cm³/mol. The zero-order valence-electron chi connectivity index (χ0n) is 15.7. The van der Waals surface area contributed by atoms with Gasteiger partial charge in [-0.15, -0.1) is 5.10 Å². The minimum Gasteiger partial charge on any atom is -0.399 e. The number of rotatable bonds is 5. The molecule has 2 atom stereocenters. The van der Waals surface area contributed by atoms with E-state index in [1.807, 2.05) is 6.92 Å². The first-order valence-corrected chi connectivity index (χ1v) is 9.87. The molecule has 148 valence electrons. The van der Waals surface area contributed by atoms with Crippen molar-refractivity contribution in [3.8, 4) is 0 Å². The van der Waals surface area contributed by atoms with Crippen LogP contribution in [-0.2, 0) is 6.54 Å². The molecule has 6 N–H and O–H groups in total. The second-order valence-corrected chi connectivity index (χ2v) is 7.51. The predicted octanol–water partition coefficient (Wildman–Crippen LogP) is 2.90. The summed E-state index contributed by atoms with van der Waals surface area (Å²) in [5.74, 6) is 1.04. The number of hydrogen-bond donors (Lipinski definition) is 4. The van der Waals surface area contributed by atoms with E-state index in [4.69, 9.17) is 23.1 Å². The molecule has 0 radical (unpaired) electrons. The van der Waals surface area contributed by atoms with E-state index in [2.05, 4.69) is 30.9 Å². The molecule has 3 aromatic rings. The number of halogens is 1. The lowest BCUT2D eigenvalue weighted by atomic mass is 9.91. The summed E-state index contributed by atoms with van der Waals surface area (Å²) in [5, 5.41) is 15.6. The van der Waals surface area contributed by atoms with Crippen LogP contribution in [0.4, 0.5) is 23.1 Å². The maximum atomic E-state index is 6.28. The van der Waals surface area contributed by atoms with E-state index < -0.39 is 0 Å². The van der Waals surface area contributed by atoms with Crippen molar-refractivity contribution < 1.29 is 0 Å². The third kappa shape index (κ3) is 3.81. The van der Waals surface area contributed by atoms with E-state index in [1.54, 1.807) is 22.9 Å². The number of nitrogens with zero attached hydrogens (tertiary/aromatic N) is 5. The molecule has 0 bridgehead atoms. The van der Waals surface area contributed by atoms with Crippen LogP contribution in [-0.4, -0.2) is 37.0 Å². The SMILES string of the molecule is CCn1nnc2c(Nc3cc(N)cc(Cl)c3)nc(NC3CCCCC3N)nc21. The van der Waals surface area contributed by atoms with E-state index in [-0.39, 0.29) is 12.1 Å². The molecule has 1 aliphatic carbocycles. The molecule has 4 rings (SSSR count). The van der Waals surface area contributed by atoms with Gasteiger partial charge in [-0.2, -0.15) is 9.97 Å². The Bertz CT molecular complexity index is 966. The van der Waals surface area contributed by atoms with Gasteiger partial charge in [0.2, 0.25) is 5.95 Å². The number of aromatic nitrogens is 5. The van der Waals surface area contributed by atoms with Gasteiger partial charge in [0.15, 0.2) is 17.0 Å². The second-order valence-electron chi connectivity index (χ2n) is 7.07. The Kier molecular flexibility index (Phi) is 5.19. The third-order valence-electron chi connectivity index (χ3n) is 4.98. The van der Waals surface area contributed by atoms with E-state index in [0.717, 1.165) is 31.4 Å². The summed E-state index contributed by atoms with van der Waals surface area (Å²) in [6, 6.07) is 5.49. The zero-order chi connectivity index (χ0) is 19.7. The summed E-state index contributed by atoms with van der Waals surface area (Å²) < 4.78 is 1.74. The minimum absolute atomic E-state index is 0.0893. The van der Waals surface area contributed by atoms with Gasteiger partial charge >= 0.3 is 0 Å². The van der Waals surface area contributed by atoms with Gasteiger partial charge in [-0.3, -0.25) is 0 Å². The largest absolute Gasteiger partial charge is 0.399 e. The standard InChI is InChI=1S/C18H24ClN9/c1-2-28-17-15(26-27-28)16(22-12-8-10(19)7-11(20)9-12)24-18(25-17)23-14-6-4-3-5-13(14)21/h7-9,13-14H,2-6,20-21H2,1H3,(H2,22,23,24,25). The Morgan fingerprint density at radius 2 is 2.04 bits per heavy atom. The van der Waals surface area contributed by atoms with Gasteiger partial charge in [0.1, 0.15) is 0 Å². The smallest absolute Gasteiger partial charge is 0.227 e. The molecule has 0 saturated heterocycles. The minimum atomic E-state index is 0.0893. The summed E-state index contributed by atoms with van der Waals surface area (Å²) >= 11 is 6.13. The highest BCUT2D eigenvalue weighted by molar-refractivity contribution is 6.31. The lowest BCUT2D eigenvalue weighted by Crippen LogP contribution is -2.43. The first-order valence-electron chi connectivity index (χ1n) is 9.50. The first-order chi connectivity index (χ1) is 13.5. The Morgan fingerprint density at radius 3 is 2.79 bits per heavy atom. The van der Waals surface area contributed by atoms with Crippen molar-refractivity contribution in [3.05, 3.63) is 23.2 Å². The Hall–Kier alpha value is -2.65. The Morgan fingerprint density at radius 1 is 1.21 bits per heavy atom. The fraction of sp³-hybridized carbons (Fsp3) is 0.444. The molecule has 10 heteroatoms. The van der Waals surface area contributed by atoms with Crippen LogP contribution in [0.2, 0.25) is 5.02 Å². The van der Waals surface area contributed by atoms with Crippen LogP contribution < -0.4 is 22.1 Å². The number of aryl methyl sites for hydroxylation is 1. The van der Waals surface area contributed by atoms with Crippen molar-refractivity contribution in [1.29, 1.82) is 0 Å². The van der Waals surface area contributed by atoms with Gasteiger partial charge in [0.05, 0.1) is 0 Å². The van der Waals surface area contributed by atoms with Gasteiger partial charge in [0.25, 0.3) is 0 Å². The number of hydrogen-bond acceptors (Lipinski definition) is 8. The number of anilines is 4. The normalized spacial score (nSPS) is 19.7. The van der Waals surface area contributed by atoms with Crippen molar-refractivity contribution in [3.63, 3.8) is 0 Å². The molecular weight excluding hydrogens is 378 g/mol. The molecule has 1 fully saturated rings. The average Bonchev–Trinajstić information content (AvgIpc) is 3.06. The van der Waals surface area contributed by atoms with Crippen LogP contribution in [0.5, 0.6) is 0 Å². The van der Waals surface area contributed by atoms with Crippen molar-refractivity contribution in [1.82, 2.24) is 25.0 Å². The van der Waals surface area contributed by atoms with Crippen LogP contribution in [0.3, 0.4) is 0 Å². The van der Waals surface area contributed by atoms with E-state index in [9.17, 15) is 0 Å². The molecular formula is C18H24ClN9. The van der Waals surface area contributed by atoms with Crippen molar-refractivity contribution in [2.45, 2.75) is 51.2 Å². The molecule has 2 aromatic heterocycles. The molecule has 2 unspecified atom stereocenters. The van der Waals surface area contributed by atoms with E-state index in [0.29, 0.717) is 40.2 Å². The van der Waals surface area contributed by atoms with Crippen molar-refractivity contribution in [2.24, 2.45) is 5.73 Å². The number of nitrogens with one attached hydrogen (secondary N) is 2. The van der Waals surface area contributed by atoms with Crippen LogP contribution in [0.1, 0.15) is 32.6 Å². The van der Waals surface area contributed by atoms with Gasteiger partial charge in [-0.25, -0.2) is 4.68 Å². The molecule has 9 nitrogen and oxygen atoms in total. The summed E-state index contributed by atoms with van der Waals surface area (Å²) in [7, 11) is 0. The lowest BCUT2D eigenvalue weighted by Gasteiger charge is -2.29. The number of fused-ring (bicyclic) bond motifs is 1. The fourth-order valence-corrected chi connectivity index (χ4v) is 3.79. The zero-order valence-corrected chi connectivity index (χ0v) is 16.4. The van der Waals surface area contributed by atoms with Gasteiger partial charge in [-0.1, -0.05) is 29.7 Å². The summed E-state index contributed by atoms with van der Waals surface area (Å²) in [5.41, 5.74) is 14.7. The molecule has 1 saturated carbocycles. The molecule has 2 heterocycles. The maximum absolute atomic E-state index is 6.28. The lowest BCUT2D eigenvalue weighted by molar-refractivity contribution is 0.402. The number of benzene rings is 1. The maximum Gasteiger partial charge on any atom is 0.227 e.